The Hall–Kier alpha value is -1.48. The summed E-state index contributed by atoms with van der Waals surface area (Å²) in [5.41, 5.74) is 8.77. The van der Waals surface area contributed by atoms with E-state index < -0.39 is 0 Å². The van der Waals surface area contributed by atoms with Gasteiger partial charge in [-0.05, 0) is 43.0 Å². The Bertz CT molecular complexity index is 618. The second-order valence-corrected chi connectivity index (χ2v) is 5.34. The molecule has 18 heavy (non-hydrogen) atoms. The van der Waals surface area contributed by atoms with Crippen molar-refractivity contribution < 1.29 is 4.79 Å². The molecule has 0 spiro atoms. The number of carbonyl (C=O) groups excluding carboxylic acids is 1. The van der Waals surface area contributed by atoms with E-state index >= 15 is 0 Å². The first-order valence-corrected chi connectivity index (χ1v) is 6.64. The van der Waals surface area contributed by atoms with E-state index in [9.17, 15) is 4.79 Å². The number of rotatable bonds is 1. The van der Waals surface area contributed by atoms with Crippen LogP contribution in [0.2, 0.25) is 5.02 Å². The topological polar surface area (TPSA) is 58.9 Å². The lowest BCUT2D eigenvalue weighted by Gasteiger charge is -2.09. The second-order valence-electron chi connectivity index (χ2n) is 4.91. The highest BCUT2D eigenvalue weighted by Gasteiger charge is 2.26. The van der Waals surface area contributed by atoms with Crippen molar-refractivity contribution in [2.75, 3.05) is 0 Å². The van der Waals surface area contributed by atoms with E-state index in [1.165, 1.54) is 5.56 Å². The number of benzene rings is 1. The van der Waals surface area contributed by atoms with Crippen molar-refractivity contribution in [3.05, 3.63) is 34.5 Å². The van der Waals surface area contributed by atoms with Crippen LogP contribution in [-0.4, -0.2) is 10.9 Å². The van der Waals surface area contributed by atoms with Crippen LogP contribution in [-0.2, 0) is 11.2 Å². The summed E-state index contributed by atoms with van der Waals surface area (Å²) in [6.07, 6.45) is 3.96. The van der Waals surface area contributed by atoms with Crippen molar-refractivity contribution in [3.8, 4) is 0 Å². The van der Waals surface area contributed by atoms with Crippen LogP contribution < -0.4 is 5.73 Å². The molecule has 1 atom stereocenters. The number of aryl methyl sites for hydroxylation is 1. The zero-order valence-corrected chi connectivity index (χ0v) is 10.8. The molecule has 94 valence electrons. The van der Waals surface area contributed by atoms with E-state index in [1.807, 2.05) is 18.2 Å². The minimum Gasteiger partial charge on any atom is -0.369 e. The molecule has 1 amide bonds. The summed E-state index contributed by atoms with van der Waals surface area (Å²) in [4.78, 5) is 14.9. The average molecular weight is 263 g/mol. The molecule has 0 saturated carbocycles. The third kappa shape index (κ3) is 1.79. The Morgan fingerprint density at radius 1 is 1.39 bits per heavy atom. The predicted octanol–water partition coefficient (Wildman–Crippen LogP) is 3.12. The molecular weight excluding hydrogens is 248 g/mol. The molecule has 1 aliphatic rings. The summed E-state index contributed by atoms with van der Waals surface area (Å²) >= 11 is 6.05. The summed E-state index contributed by atoms with van der Waals surface area (Å²) in [5.74, 6) is -0.426. The van der Waals surface area contributed by atoms with Gasteiger partial charge in [-0.25, -0.2) is 0 Å². The number of primary amides is 1. The third-order valence-corrected chi connectivity index (χ3v) is 4.00. The molecule has 2 aromatic rings. The molecule has 0 fully saturated rings. The Kier molecular flexibility index (Phi) is 2.78. The number of hydrogen-bond donors (Lipinski definition) is 2. The van der Waals surface area contributed by atoms with Gasteiger partial charge in [0.05, 0.1) is 5.92 Å². The van der Waals surface area contributed by atoms with Gasteiger partial charge in [0.25, 0.3) is 0 Å². The smallest absolute Gasteiger partial charge is 0.226 e. The first-order chi connectivity index (χ1) is 8.66. The van der Waals surface area contributed by atoms with Gasteiger partial charge in [-0.3, -0.25) is 4.79 Å². The Labute approximate surface area is 110 Å². The molecule has 0 bridgehead atoms. The van der Waals surface area contributed by atoms with E-state index in [0.29, 0.717) is 0 Å². The lowest BCUT2D eigenvalue weighted by molar-refractivity contribution is -0.119. The van der Waals surface area contributed by atoms with Gasteiger partial charge in [0.2, 0.25) is 5.91 Å². The number of hydrogen-bond acceptors (Lipinski definition) is 1. The van der Waals surface area contributed by atoms with Crippen molar-refractivity contribution in [2.45, 2.75) is 31.6 Å². The number of H-pyrrole nitrogens is 1. The number of fused-ring (bicyclic) bond motifs is 3. The molecule has 1 heterocycles. The summed E-state index contributed by atoms with van der Waals surface area (Å²) < 4.78 is 0. The molecule has 0 saturated heterocycles. The largest absolute Gasteiger partial charge is 0.369 e. The van der Waals surface area contributed by atoms with E-state index in [1.54, 1.807) is 0 Å². The number of nitrogens with one attached hydrogen (secondary N) is 1. The SMILES string of the molecule is NC(=O)[C@@H]1CCCCc2c1[nH]c1ccc(Cl)cc21. The van der Waals surface area contributed by atoms with E-state index in [2.05, 4.69) is 4.98 Å². The first-order valence-electron chi connectivity index (χ1n) is 6.26. The fourth-order valence-electron chi connectivity index (χ4n) is 2.89. The standard InChI is InChI=1S/C14H15ClN2O/c15-8-5-6-12-11(7-8)9-3-1-2-4-10(14(16)18)13(9)17-12/h5-7,10,17H,1-4H2,(H2,16,18)/t10-/m1/s1. The van der Waals surface area contributed by atoms with Gasteiger partial charge in [0, 0.05) is 21.6 Å². The van der Waals surface area contributed by atoms with Gasteiger partial charge >= 0.3 is 0 Å². The Balaban J connectivity index is 2.24. The molecule has 3 rings (SSSR count). The highest BCUT2D eigenvalue weighted by molar-refractivity contribution is 6.31. The van der Waals surface area contributed by atoms with E-state index in [-0.39, 0.29) is 11.8 Å². The van der Waals surface area contributed by atoms with Gasteiger partial charge in [0.1, 0.15) is 0 Å². The molecule has 1 aliphatic carbocycles. The molecule has 1 aromatic carbocycles. The van der Waals surface area contributed by atoms with Crippen LogP contribution in [0.1, 0.15) is 36.4 Å². The number of aromatic amines is 1. The van der Waals surface area contributed by atoms with Crippen LogP contribution in [0.5, 0.6) is 0 Å². The molecule has 3 N–H and O–H groups in total. The van der Waals surface area contributed by atoms with Crippen LogP contribution in [0.3, 0.4) is 0 Å². The highest BCUT2D eigenvalue weighted by Crippen LogP contribution is 2.35. The van der Waals surface area contributed by atoms with Crippen LogP contribution in [0.25, 0.3) is 10.9 Å². The lowest BCUT2D eigenvalue weighted by atomic mass is 9.98. The van der Waals surface area contributed by atoms with Gasteiger partial charge in [-0.15, -0.1) is 0 Å². The van der Waals surface area contributed by atoms with Crippen molar-refractivity contribution in [3.63, 3.8) is 0 Å². The van der Waals surface area contributed by atoms with Crippen molar-refractivity contribution >= 4 is 28.4 Å². The molecule has 4 heteroatoms. The summed E-state index contributed by atoms with van der Waals surface area (Å²) in [7, 11) is 0. The predicted molar refractivity (Wildman–Crippen MR) is 72.8 cm³/mol. The Morgan fingerprint density at radius 2 is 2.22 bits per heavy atom. The normalized spacial score (nSPS) is 19.5. The van der Waals surface area contributed by atoms with Gasteiger partial charge in [-0.2, -0.15) is 0 Å². The zero-order valence-electron chi connectivity index (χ0n) is 10.0. The van der Waals surface area contributed by atoms with Crippen LogP contribution >= 0.6 is 11.6 Å². The number of halogens is 1. The van der Waals surface area contributed by atoms with Crippen LogP contribution in [0.4, 0.5) is 0 Å². The summed E-state index contributed by atoms with van der Waals surface area (Å²) in [6.45, 7) is 0. The summed E-state index contributed by atoms with van der Waals surface area (Å²) in [6, 6.07) is 5.79. The van der Waals surface area contributed by atoms with E-state index in [4.69, 9.17) is 17.3 Å². The highest BCUT2D eigenvalue weighted by atomic mass is 35.5. The number of aromatic nitrogens is 1. The quantitative estimate of drug-likeness (QED) is 0.762. The average Bonchev–Trinajstić information content (AvgIpc) is 2.55. The number of nitrogens with two attached hydrogens (primary N) is 1. The third-order valence-electron chi connectivity index (χ3n) is 3.76. The minimum atomic E-state index is -0.240. The van der Waals surface area contributed by atoms with E-state index in [0.717, 1.165) is 47.3 Å². The summed E-state index contributed by atoms with van der Waals surface area (Å²) in [5, 5.41) is 1.86. The van der Waals surface area contributed by atoms with Gasteiger partial charge in [0.15, 0.2) is 0 Å². The Morgan fingerprint density at radius 3 is 3.00 bits per heavy atom. The van der Waals surface area contributed by atoms with Crippen LogP contribution in [0.15, 0.2) is 18.2 Å². The number of carbonyl (C=O) groups is 1. The van der Waals surface area contributed by atoms with Crippen molar-refractivity contribution in [1.29, 1.82) is 0 Å². The van der Waals surface area contributed by atoms with Crippen molar-refractivity contribution in [2.24, 2.45) is 5.73 Å². The molecule has 0 aliphatic heterocycles. The molecule has 1 aromatic heterocycles. The maximum atomic E-state index is 11.6. The monoisotopic (exact) mass is 262 g/mol. The fourth-order valence-corrected chi connectivity index (χ4v) is 3.06. The maximum Gasteiger partial charge on any atom is 0.226 e. The first kappa shape index (κ1) is 11.6. The minimum absolute atomic E-state index is 0.186. The van der Waals surface area contributed by atoms with Gasteiger partial charge < -0.3 is 10.7 Å². The lowest BCUT2D eigenvalue weighted by Crippen LogP contribution is -2.21. The number of amides is 1. The second kappa shape index (κ2) is 4.32. The molecule has 0 radical (unpaired) electrons. The molecular formula is C14H15ClN2O. The molecule has 3 nitrogen and oxygen atoms in total. The zero-order chi connectivity index (χ0) is 12.7. The van der Waals surface area contributed by atoms with Crippen LogP contribution in [0, 0.1) is 0 Å². The fraction of sp³-hybridized carbons (Fsp3) is 0.357. The van der Waals surface area contributed by atoms with Gasteiger partial charge in [-0.1, -0.05) is 18.0 Å². The maximum absolute atomic E-state index is 11.6. The molecule has 0 unspecified atom stereocenters. The van der Waals surface area contributed by atoms with Crippen molar-refractivity contribution in [1.82, 2.24) is 4.98 Å².